The summed E-state index contributed by atoms with van der Waals surface area (Å²) in [5.74, 6) is -0.697. The molecule has 0 atom stereocenters. The Morgan fingerprint density at radius 2 is 2.31 bits per heavy atom. The summed E-state index contributed by atoms with van der Waals surface area (Å²) < 4.78 is 13.4. The van der Waals surface area contributed by atoms with Crippen LogP contribution in [-0.4, -0.2) is 12.5 Å². The molecule has 0 radical (unpaired) electrons. The van der Waals surface area contributed by atoms with Gasteiger partial charge < -0.3 is 5.32 Å². The Morgan fingerprint density at radius 3 is 3.00 bits per heavy atom. The third-order valence-electron chi connectivity index (χ3n) is 2.03. The molecule has 1 aromatic carbocycles. The quantitative estimate of drug-likeness (QED) is 0.668. The van der Waals surface area contributed by atoms with E-state index in [9.17, 15) is 9.18 Å². The average Bonchev–Trinajstić information content (AvgIpc) is 2.28. The van der Waals surface area contributed by atoms with E-state index in [1.165, 1.54) is 12.1 Å². The summed E-state index contributed by atoms with van der Waals surface area (Å²) >= 11 is 3.05. The van der Waals surface area contributed by atoms with E-state index in [4.69, 9.17) is 0 Å². The molecule has 0 aliphatic rings. The van der Waals surface area contributed by atoms with Crippen molar-refractivity contribution in [1.29, 1.82) is 0 Å². The fraction of sp³-hybridized carbons (Fsp3) is 0.250. The van der Waals surface area contributed by atoms with Crippen molar-refractivity contribution in [3.8, 4) is 0 Å². The molecule has 0 aliphatic carbocycles. The maximum Gasteiger partial charge on any atom is 0.252 e. The van der Waals surface area contributed by atoms with E-state index in [-0.39, 0.29) is 10.4 Å². The van der Waals surface area contributed by atoms with E-state index < -0.39 is 5.82 Å². The van der Waals surface area contributed by atoms with E-state index in [1.807, 2.05) is 19.1 Å². The van der Waals surface area contributed by atoms with Crippen molar-refractivity contribution < 1.29 is 9.18 Å². The smallest absolute Gasteiger partial charge is 0.252 e. The van der Waals surface area contributed by atoms with Gasteiger partial charge in [0.2, 0.25) is 0 Å². The van der Waals surface area contributed by atoms with Gasteiger partial charge in [-0.25, -0.2) is 4.39 Å². The van der Waals surface area contributed by atoms with Gasteiger partial charge in [-0.2, -0.15) is 0 Å². The maximum absolute atomic E-state index is 13.1. The fourth-order valence-electron chi connectivity index (χ4n) is 1.21. The highest BCUT2D eigenvalue weighted by Crippen LogP contribution is 2.20. The summed E-state index contributed by atoms with van der Waals surface area (Å²) in [6.07, 6.45) is 4.65. The van der Waals surface area contributed by atoms with Crippen LogP contribution in [0.3, 0.4) is 0 Å². The average molecular weight is 286 g/mol. The highest BCUT2D eigenvalue weighted by Gasteiger charge is 2.11. The third-order valence-corrected chi connectivity index (χ3v) is 2.83. The number of rotatable bonds is 4. The molecule has 1 rings (SSSR count). The Balaban J connectivity index is 2.63. The largest absolute Gasteiger partial charge is 0.352 e. The summed E-state index contributed by atoms with van der Waals surface area (Å²) in [5, 5.41) is 2.71. The van der Waals surface area contributed by atoms with Gasteiger partial charge in [0, 0.05) is 6.54 Å². The van der Waals surface area contributed by atoms with Gasteiger partial charge >= 0.3 is 0 Å². The first-order chi connectivity index (χ1) is 7.66. The van der Waals surface area contributed by atoms with Crippen molar-refractivity contribution >= 4 is 21.8 Å². The lowest BCUT2D eigenvalue weighted by Crippen LogP contribution is -2.24. The number of hydrogen-bond donors (Lipinski definition) is 1. The van der Waals surface area contributed by atoms with E-state index in [2.05, 4.69) is 21.2 Å². The Morgan fingerprint density at radius 1 is 1.56 bits per heavy atom. The first kappa shape index (κ1) is 12.9. The number of carbonyl (C=O) groups is 1. The summed E-state index contributed by atoms with van der Waals surface area (Å²) in [6.45, 7) is 2.47. The molecule has 0 aromatic heterocycles. The molecular weight excluding hydrogens is 273 g/mol. The zero-order chi connectivity index (χ0) is 12.0. The molecule has 86 valence electrons. The van der Waals surface area contributed by atoms with Gasteiger partial charge in [0.1, 0.15) is 5.82 Å². The topological polar surface area (TPSA) is 29.1 Å². The van der Waals surface area contributed by atoms with E-state index >= 15 is 0 Å². The summed E-state index contributed by atoms with van der Waals surface area (Å²) in [7, 11) is 0. The Labute approximate surface area is 103 Å². The van der Waals surface area contributed by atoms with Crippen molar-refractivity contribution in [2.24, 2.45) is 0 Å². The second-order valence-corrected chi connectivity index (χ2v) is 4.01. The minimum Gasteiger partial charge on any atom is -0.352 e. The van der Waals surface area contributed by atoms with E-state index in [0.717, 1.165) is 6.42 Å². The molecule has 1 N–H and O–H groups in total. The van der Waals surface area contributed by atoms with Crippen LogP contribution in [0.5, 0.6) is 0 Å². The van der Waals surface area contributed by atoms with Crippen molar-refractivity contribution in [3.63, 3.8) is 0 Å². The van der Waals surface area contributed by atoms with Crippen molar-refractivity contribution in [2.75, 3.05) is 6.54 Å². The predicted octanol–water partition coefficient (Wildman–Crippen LogP) is 3.28. The second kappa shape index (κ2) is 6.43. The molecule has 0 saturated carbocycles. The standard InChI is InChI=1S/C12H13BrFNO/c1-2-3-4-8-15-12(16)9-6-5-7-10(14)11(9)13/h2-3,5-7H,4,8H2,1H3,(H,15,16)/b3-2+. The molecule has 0 unspecified atom stereocenters. The summed E-state index contributed by atoms with van der Waals surface area (Å²) in [6, 6.07) is 4.40. The van der Waals surface area contributed by atoms with Crippen LogP contribution in [0.25, 0.3) is 0 Å². The van der Waals surface area contributed by atoms with Crippen LogP contribution in [0.1, 0.15) is 23.7 Å². The molecule has 0 fully saturated rings. The molecule has 0 saturated heterocycles. The van der Waals surface area contributed by atoms with Crippen molar-refractivity contribution in [3.05, 3.63) is 46.2 Å². The van der Waals surface area contributed by atoms with Crippen LogP contribution in [0, 0.1) is 5.82 Å². The predicted molar refractivity (Wildman–Crippen MR) is 65.9 cm³/mol. The Bertz CT molecular complexity index is 404. The van der Waals surface area contributed by atoms with E-state index in [0.29, 0.717) is 12.1 Å². The van der Waals surface area contributed by atoms with Crippen LogP contribution in [0.4, 0.5) is 4.39 Å². The molecule has 2 nitrogen and oxygen atoms in total. The monoisotopic (exact) mass is 285 g/mol. The van der Waals surface area contributed by atoms with Gasteiger partial charge in [-0.3, -0.25) is 4.79 Å². The Hall–Kier alpha value is -1.16. The van der Waals surface area contributed by atoms with E-state index in [1.54, 1.807) is 6.07 Å². The molecule has 1 amide bonds. The highest BCUT2D eigenvalue weighted by atomic mass is 79.9. The van der Waals surface area contributed by atoms with Crippen LogP contribution in [0.15, 0.2) is 34.8 Å². The number of hydrogen-bond acceptors (Lipinski definition) is 1. The van der Waals surface area contributed by atoms with Gasteiger partial charge in [-0.05, 0) is 41.4 Å². The molecule has 0 bridgehead atoms. The lowest BCUT2D eigenvalue weighted by atomic mass is 10.2. The Kier molecular flexibility index (Phi) is 5.19. The first-order valence-corrected chi connectivity index (χ1v) is 5.79. The molecule has 4 heteroatoms. The van der Waals surface area contributed by atoms with Crippen molar-refractivity contribution in [1.82, 2.24) is 5.32 Å². The molecular formula is C12H13BrFNO. The molecule has 16 heavy (non-hydrogen) atoms. The second-order valence-electron chi connectivity index (χ2n) is 3.21. The number of allylic oxidation sites excluding steroid dienone is 1. The maximum atomic E-state index is 13.1. The highest BCUT2D eigenvalue weighted by molar-refractivity contribution is 9.10. The number of carbonyl (C=O) groups excluding carboxylic acids is 1. The summed E-state index contributed by atoms with van der Waals surface area (Å²) in [4.78, 5) is 11.6. The fourth-order valence-corrected chi connectivity index (χ4v) is 1.65. The number of amides is 1. The number of halogens is 2. The number of benzene rings is 1. The zero-order valence-corrected chi connectivity index (χ0v) is 10.6. The van der Waals surface area contributed by atoms with Gasteiger partial charge in [0.25, 0.3) is 5.91 Å². The number of nitrogens with one attached hydrogen (secondary N) is 1. The lowest BCUT2D eigenvalue weighted by Gasteiger charge is -2.05. The zero-order valence-electron chi connectivity index (χ0n) is 8.97. The minimum absolute atomic E-state index is 0.207. The lowest BCUT2D eigenvalue weighted by molar-refractivity contribution is 0.0953. The van der Waals surface area contributed by atoms with Crippen LogP contribution >= 0.6 is 15.9 Å². The first-order valence-electron chi connectivity index (χ1n) is 5.00. The van der Waals surface area contributed by atoms with Crippen LogP contribution in [0.2, 0.25) is 0 Å². The van der Waals surface area contributed by atoms with Crippen LogP contribution in [-0.2, 0) is 0 Å². The van der Waals surface area contributed by atoms with Gasteiger partial charge in [-0.15, -0.1) is 0 Å². The SMILES string of the molecule is C/C=C/CCNC(=O)c1cccc(F)c1Br. The molecule has 0 heterocycles. The molecule has 0 aliphatic heterocycles. The van der Waals surface area contributed by atoms with Gasteiger partial charge in [0.05, 0.1) is 10.0 Å². The normalized spacial score (nSPS) is 10.7. The van der Waals surface area contributed by atoms with Crippen molar-refractivity contribution in [2.45, 2.75) is 13.3 Å². The molecule has 1 aromatic rings. The summed E-state index contributed by atoms with van der Waals surface area (Å²) in [5.41, 5.74) is 0.320. The minimum atomic E-state index is -0.430. The molecule has 0 spiro atoms. The third kappa shape index (κ3) is 3.45. The van der Waals surface area contributed by atoms with Gasteiger partial charge in [-0.1, -0.05) is 18.2 Å². The van der Waals surface area contributed by atoms with Crippen LogP contribution < -0.4 is 5.32 Å². The van der Waals surface area contributed by atoms with Gasteiger partial charge in [0.15, 0.2) is 0 Å².